The molecule has 0 radical (unpaired) electrons. The molecular formula is C11H9F2N3. The zero-order valence-electron chi connectivity index (χ0n) is 8.32. The number of aromatic nitrogens is 2. The van der Waals surface area contributed by atoms with Crippen molar-refractivity contribution >= 4 is 0 Å². The van der Waals surface area contributed by atoms with E-state index in [1.807, 2.05) is 0 Å². The summed E-state index contributed by atoms with van der Waals surface area (Å²) in [6.07, 6.45) is 1.28. The summed E-state index contributed by atoms with van der Waals surface area (Å²) in [6.45, 7) is 0.229. The van der Waals surface area contributed by atoms with Gasteiger partial charge in [0.05, 0.1) is 11.4 Å². The molecule has 0 bridgehead atoms. The van der Waals surface area contributed by atoms with E-state index < -0.39 is 11.6 Å². The molecule has 5 heteroatoms. The molecule has 1 heterocycles. The van der Waals surface area contributed by atoms with Crippen molar-refractivity contribution in [1.82, 2.24) is 9.97 Å². The maximum absolute atomic E-state index is 13.4. The highest BCUT2D eigenvalue weighted by Crippen LogP contribution is 2.21. The molecule has 0 unspecified atom stereocenters. The monoisotopic (exact) mass is 221 g/mol. The van der Waals surface area contributed by atoms with Crippen molar-refractivity contribution in [1.29, 1.82) is 0 Å². The maximum atomic E-state index is 13.4. The van der Waals surface area contributed by atoms with E-state index in [1.54, 1.807) is 0 Å². The molecular weight excluding hydrogens is 212 g/mol. The standard InChI is InChI=1S/C11H9F2N3/c12-7-1-2-10(13)9(3-7)11-4-8(5-14)15-6-16-11/h1-4,6H,5,14H2. The normalized spacial score (nSPS) is 10.4. The Morgan fingerprint density at radius 2 is 1.94 bits per heavy atom. The summed E-state index contributed by atoms with van der Waals surface area (Å²) in [7, 11) is 0. The molecule has 82 valence electrons. The highest BCUT2D eigenvalue weighted by molar-refractivity contribution is 5.59. The summed E-state index contributed by atoms with van der Waals surface area (Å²) in [5.74, 6) is -1.03. The lowest BCUT2D eigenvalue weighted by atomic mass is 10.1. The molecule has 0 aliphatic carbocycles. The number of rotatable bonds is 2. The van der Waals surface area contributed by atoms with Crippen LogP contribution in [0.2, 0.25) is 0 Å². The molecule has 0 atom stereocenters. The van der Waals surface area contributed by atoms with Crippen LogP contribution >= 0.6 is 0 Å². The van der Waals surface area contributed by atoms with E-state index >= 15 is 0 Å². The first-order chi connectivity index (χ1) is 7.70. The third-order valence-corrected chi connectivity index (χ3v) is 2.14. The van der Waals surface area contributed by atoms with Crippen LogP contribution in [-0.4, -0.2) is 9.97 Å². The number of benzene rings is 1. The van der Waals surface area contributed by atoms with Crippen LogP contribution in [0.3, 0.4) is 0 Å². The topological polar surface area (TPSA) is 51.8 Å². The van der Waals surface area contributed by atoms with Crippen LogP contribution in [0, 0.1) is 11.6 Å². The first-order valence-corrected chi connectivity index (χ1v) is 4.67. The second kappa shape index (κ2) is 4.32. The molecule has 1 aromatic carbocycles. The third-order valence-electron chi connectivity index (χ3n) is 2.14. The maximum Gasteiger partial charge on any atom is 0.132 e. The van der Waals surface area contributed by atoms with Crippen LogP contribution in [0.25, 0.3) is 11.3 Å². The van der Waals surface area contributed by atoms with Gasteiger partial charge in [-0.3, -0.25) is 0 Å². The van der Waals surface area contributed by atoms with E-state index in [4.69, 9.17) is 5.73 Å². The van der Waals surface area contributed by atoms with Crippen molar-refractivity contribution in [2.45, 2.75) is 6.54 Å². The van der Waals surface area contributed by atoms with Crippen LogP contribution in [0.1, 0.15) is 5.69 Å². The summed E-state index contributed by atoms with van der Waals surface area (Å²) < 4.78 is 26.4. The summed E-state index contributed by atoms with van der Waals surface area (Å²) in [5, 5.41) is 0. The molecule has 3 nitrogen and oxygen atoms in total. The Labute approximate surface area is 91.0 Å². The minimum Gasteiger partial charge on any atom is -0.325 e. The summed E-state index contributed by atoms with van der Waals surface area (Å²) in [4.78, 5) is 7.77. The Kier molecular flexibility index (Phi) is 2.87. The molecule has 16 heavy (non-hydrogen) atoms. The molecule has 1 aromatic heterocycles. The Balaban J connectivity index is 2.53. The van der Waals surface area contributed by atoms with Crippen LogP contribution < -0.4 is 5.73 Å². The third kappa shape index (κ3) is 2.04. The van der Waals surface area contributed by atoms with Crippen molar-refractivity contribution in [3.8, 4) is 11.3 Å². The van der Waals surface area contributed by atoms with Gasteiger partial charge in [-0.25, -0.2) is 18.7 Å². The van der Waals surface area contributed by atoms with E-state index in [1.165, 1.54) is 12.4 Å². The summed E-state index contributed by atoms with van der Waals surface area (Å²) in [6, 6.07) is 4.76. The van der Waals surface area contributed by atoms with Gasteiger partial charge in [0.2, 0.25) is 0 Å². The molecule has 2 N–H and O–H groups in total. The lowest BCUT2D eigenvalue weighted by Crippen LogP contribution is -2.01. The van der Waals surface area contributed by atoms with Gasteiger partial charge in [0.15, 0.2) is 0 Å². The van der Waals surface area contributed by atoms with E-state index in [9.17, 15) is 8.78 Å². The molecule has 0 spiro atoms. The second-order valence-electron chi connectivity index (χ2n) is 3.22. The zero-order valence-corrected chi connectivity index (χ0v) is 8.32. The molecule has 0 saturated carbocycles. The molecule has 2 aromatic rings. The lowest BCUT2D eigenvalue weighted by Gasteiger charge is -2.03. The minimum absolute atomic E-state index is 0.108. The van der Waals surface area contributed by atoms with Crippen molar-refractivity contribution in [2.75, 3.05) is 0 Å². The van der Waals surface area contributed by atoms with Crippen LogP contribution in [-0.2, 0) is 6.54 Å². The summed E-state index contributed by atoms with van der Waals surface area (Å²) >= 11 is 0. The zero-order chi connectivity index (χ0) is 11.5. The number of hydrogen-bond donors (Lipinski definition) is 1. The summed E-state index contributed by atoms with van der Waals surface area (Å²) in [5.41, 5.74) is 6.42. The largest absolute Gasteiger partial charge is 0.325 e. The molecule has 0 fully saturated rings. The van der Waals surface area contributed by atoms with Crippen molar-refractivity contribution in [2.24, 2.45) is 5.73 Å². The fourth-order valence-electron chi connectivity index (χ4n) is 1.35. The van der Waals surface area contributed by atoms with Crippen molar-refractivity contribution < 1.29 is 8.78 Å². The van der Waals surface area contributed by atoms with Gasteiger partial charge in [0.1, 0.15) is 18.0 Å². The van der Waals surface area contributed by atoms with Gasteiger partial charge in [0.25, 0.3) is 0 Å². The first-order valence-electron chi connectivity index (χ1n) is 4.67. The van der Waals surface area contributed by atoms with E-state index in [0.29, 0.717) is 11.4 Å². The fourth-order valence-corrected chi connectivity index (χ4v) is 1.35. The van der Waals surface area contributed by atoms with Crippen LogP contribution in [0.4, 0.5) is 8.78 Å². The molecule has 0 aliphatic heterocycles. The van der Waals surface area contributed by atoms with E-state index in [-0.39, 0.29) is 12.1 Å². The Hall–Kier alpha value is -1.88. The molecule has 0 aliphatic rings. The quantitative estimate of drug-likeness (QED) is 0.842. The SMILES string of the molecule is NCc1cc(-c2cc(F)ccc2F)ncn1. The van der Waals surface area contributed by atoms with E-state index in [0.717, 1.165) is 18.2 Å². The minimum atomic E-state index is -0.525. The van der Waals surface area contributed by atoms with Crippen LogP contribution in [0.5, 0.6) is 0 Å². The predicted octanol–water partition coefficient (Wildman–Crippen LogP) is 1.88. The average Bonchev–Trinajstić information content (AvgIpc) is 2.32. The number of halogens is 2. The van der Waals surface area contributed by atoms with Gasteiger partial charge in [-0.1, -0.05) is 0 Å². The number of nitrogens with two attached hydrogens (primary N) is 1. The fraction of sp³-hybridized carbons (Fsp3) is 0.0909. The Morgan fingerprint density at radius 3 is 2.69 bits per heavy atom. The molecule has 0 amide bonds. The van der Waals surface area contributed by atoms with Gasteiger partial charge in [-0.15, -0.1) is 0 Å². The van der Waals surface area contributed by atoms with E-state index in [2.05, 4.69) is 9.97 Å². The van der Waals surface area contributed by atoms with Crippen molar-refractivity contribution in [3.63, 3.8) is 0 Å². The van der Waals surface area contributed by atoms with Crippen LogP contribution in [0.15, 0.2) is 30.6 Å². The second-order valence-corrected chi connectivity index (χ2v) is 3.22. The number of nitrogens with zero attached hydrogens (tertiary/aromatic N) is 2. The smallest absolute Gasteiger partial charge is 0.132 e. The highest BCUT2D eigenvalue weighted by atomic mass is 19.1. The predicted molar refractivity (Wildman–Crippen MR) is 55.3 cm³/mol. The molecule has 0 saturated heterocycles. The lowest BCUT2D eigenvalue weighted by molar-refractivity contribution is 0.602. The average molecular weight is 221 g/mol. The highest BCUT2D eigenvalue weighted by Gasteiger charge is 2.08. The van der Waals surface area contributed by atoms with Gasteiger partial charge >= 0.3 is 0 Å². The van der Waals surface area contributed by atoms with Gasteiger partial charge in [-0.05, 0) is 24.3 Å². The van der Waals surface area contributed by atoms with Gasteiger partial charge in [-0.2, -0.15) is 0 Å². The molecule has 2 rings (SSSR count). The van der Waals surface area contributed by atoms with Crippen molar-refractivity contribution in [3.05, 3.63) is 47.9 Å². The first kappa shape index (κ1) is 10.6. The number of hydrogen-bond acceptors (Lipinski definition) is 3. The Bertz CT molecular complexity index is 514. The Morgan fingerprint density at radius 1 is 1.12 bits per heavy atom. The van der Waals surface area contributed by atoms with Gasteiger partial charge < -0.3 is 5.73 Å². The van der Waals surface area contributed by atoms with Gasteiger partial charge in [0, 0.05) is 12.1 Å².